The van der Waals surface area contributed by atoms with Crippen molar-refractivity contribution < 1.29 is 22.8 Å². The number of carbonyl (C=O) groups is 2. The summed E-state index contributed by atoms with van der Waals surface area (Å²) in [6, 6.07) is 8.20. The van der Waals surface area contributed by atoms with E-state index in [0.29, 0.717) is 29.0 Å². The van der Waals surface area contributed by atoms with Crippen LogP contribution in [0.15, 0.2) is 55.1 Å². The Labute approximate surface area is 237 Å². The highest BCUT2D eigenvalue weighted by Gasteiger charge is 2.33. The van der Waals surface area contributed by atoms with Gasteiger partial charge in [0.1, 0.15) is 12.7 Å². The molecule has 0 unspecified atom stereocenters. The predicted molar refractivity (Wildman–Crippen MR) is 149 cm³/mol. The molecule has 5 N–H and O–H groups in total. The van der Waals surface area contributed by atoms with Gasteiger partial charge in [0.25, 0.3) is 0 Å². The number of alkyl halides is 3. The third-order valence-electron chi connectivity index (χ3n) is 5.57. The molecule has 0 fully saturated rings. The fourth-order valence-electron chi connectivity index (χ4n) is 3.76. The predicted octanol–water partition coefficient (Wildman–Crippen LogP) is 5.87. The van der Waals surface area contributed by atoms with Crippen LogP contribution in [0.1, 0.15) is 25.8 Å². The summed E-state index contributed by atoms with van der Waals surface area (Å²) in [4.78, 5) is 37.5. The van der Waals surface area contributed by atoms with Gasteiger partial charge in [-0.1, -0.05) is 25.4 Å². The van der Waals surface area contributed by atoms with Crippen LogP contribution in [-0.2, 0) is 11.0 Å². The van der Waals surface area contributed by atoms with Crippen LogP contribution in [0.5, 0.6) is 0 Å². The summed E-state index contributed by atoms with van der Waals surface area (Å²) < 4.78 is 40.9. The van der Waals surface area contributed by atoms with Crippen molar-refractivity contribution in [1.82, 2.24) is 19.5 Å². The van der Waals surface area contributed by atoms with E-state index in [1.165, 1.54) is 18.7 Å². The van der Waals surface area contributed by atoms with Crippen molar-refractivity contribution in [1.29, 1.82) is 0 Å². The first-order chi connectivity index (χ1) is 18.4. The number of amides is 3. The molecule has 4 rings (SSSR count). The monoisotopic (exact) mass is 596 g/mol. The zero-order valence-electron chi connectivity index (χ0n) is 21.2. The lowest BCUT2D eigenvalue weighted by atomic mass is 10.0. The standard InChI is InChI=1S/C25H24ClF3N8O2.ClH/c1-13(2)9-19(30)23(38)36-21-20-22(32-11-31-21)37(12-33-20)16-6-3-14(4-7-16)34-24(39)35-15-5-8-18(26)17(10-15)25(27,28)29;/h3-8,10-13,19H,9,30H2,1-2H3,(H2,34,35,39)(H,31,32,36,38);1H/t19-;/m0./s1. The lowest BCUT2D eigenvalue weighted by Gasteiger charge is -2.13. The molecule has 15 heteroatoms. The Morgan fingerprint density at radius 2 is 1.65 bits per heavy atom. The number of benzene rings is 2. The van der Waals surface area contributed by atoms with Crippen molar-refractivity contribution >= 4 is 64.3 Å². The highest BCUT2D eigenvalue weighted by atomic mass is 35.5. The first-order valence-electron chi connectivity index (χ1n) is 11.7. The van der Waals surface area contributed by atoms with Crippen molar-refractivity contribution in [3.05, 3.63) is 65.7 Å². The number of rotatable bonds is 7. The lowest BCUT2D eigenvalue weighted by Crippen LogP contribution is -2.36. The fraction of sp³-hybridized carbons (Fsp3) is 0.240. The minimum Gasteiger partial charge on any atom is -0.320 e. The number of imidazole rings is 1. The minimum atomic E-state index is -4.66. The molecule has 2 aromatic carbocycles. The molecule has 2 heterocycles. The van der Waals surface area contributed by atoms with Crippen molar-refractivity contribution in [2.75, 3.05) is 16.0 Å². The Morgan fingerprint density at radius 1 is 1.00 bits per heavy atom. The molecule has 10 nitrogen and oxygen atoms in total. The molecule has 0 bridgehead atoms. The van der Waals surface area contributed by atoms with Gasteiger partial charge >= 0.3 is 12.2 Å². The number of hydrogen-bond donors (Lipinski definition) is 4. The smallest absolute Gasteiger partial charge is 0.320 e. The summed E-state index contributed by atoms with van der Waals surface area (Å²) in [5.74, 6) is 0.104. The molecule has 0 aliphatic heterocycles. The molecule has 1 atom stereocenters. The first kappa shape index (κ1) is 30.6. The molecule has 0 saturated heterocycles. The number of anilines is 3. The average Bonchev–Trinajstić information content (AvgIpc) is 3.30. The Balaban J connectivity index is 0.00000441. The molecule has 4 aromatic rings. The van der Waals surface area contributed by atoms with Gasteiger partial charge in [-0.3, -0.25) is 9.36 Å². The van der Waals surface area contributed by atoms with E-state index >= 15 is 0 Å². The summed E-state index contributed by atoms with van der Waals surface area (Å²) >= 11 is 5.61. The lowest BCUT2D eigenvalue weighted by molar-refractivity contribution is -0.137. The quantitative estimate of drug-likeness (QED) is 0.210. The maximum absolute atomic E-state index is 13.1. The number of nitrogens with two attached hydrogens (primary N) is 1. The van der Waals surface area contributed by atoms with Crippen LogP contribution in [0.4, 0.5) is 35.2 Å². The second-order valence-corrected chi connectivity index (χ2v) is 9.46. The van der Waals surface area contributed by atoms with Crippen LogP contribution >= 0.6 is 24.0 Å². The van der Waals surface area contributed by atoms with Crippen molar-refractivity contribution in [2.45, 2.75) is 32.5 Å². The average molecular weight is 597 g/mol. The number of nitrogens with zero attached hydrogens (tertiary/aromatic N) is 4. The molecule has 2 aromatic heterocycles. The first-order valence-corrected chi connectivity index (χ1v) is 12.1. The molecule has 0 aliphatic carbocycles. The summed E-state index contributed by atoms with van der Waals surface area (Å²) in [5, 5.41) is 7.14. The normalized spacial score (nSPS) is 12.1. The van der Waals surface area contributed by atoms with Crippen molar-refractivity contribution in [2.24, 2.45) is 11.7 Å². The maximum atomic E-state index is 13.1. The Bertz CT molecular complexity index is 1510. The summed E-state index contributed by atoms with van der Waals surface area (Å²) in [5.41, 5.74) is 6.66. The van der Waals surface area contributed by atoms with Gasteiger partial charge in [-0.2, -0.15) is 13.2 Å². The van der Waals surface area contributed by atoms with Gasteiger partial charge in [0.15, 0.2) is 17.0 Å². The van der Waals surface area contributed by atoms with Crippen LogP contribution in [0, 0.1) is 5.92 Å². The summed E-state index contributed by atoms with van der Waals surface area (Å²) in [7, 11) is 0. The number of hydrogen-bond acceptors (Lipinski definition) is 6. The van der Waals surface area contributed by atoms with Gasteiger partial charge < -0.3 is 21.7 Å². The van der Waals surface area contributed by atoms with E-state index in [4.69, 9.17) is 17.3 Å². The minimum absolute atomic E-state index is 0. The number of fused-ring (bicyclic) bond motifs is 1. The van der Waals surface area contributed by atoms with E-state index in [-0.39, 0.29) is 35.7 Å². The van der Waals surface area contributed by atoms with Gasteiger partial charge in [0.2, 0.25) is 5.91 Å². The molecular formula is C25H25Cl2F3N8O2. The van der Waals surface area contributed by atoms with E-state index in [1.54, 1.807) is 28.8 Å². The summed E-state index contributed by atoms with van der Waals surface area (Å²) in [6.07, 6.45) is -1.33. The largest absolute Gasteiger partial charge is 0.417 e. The number of aromatic nitrogens is 4. The SMILES string of the molecule is CC(C)C[C@H](N)C(=O)Nc1ncnc2c1ncn2-c1ccc(NC(=O)Nc2ccc(Cl)c(C(F)(F)F)c2)cc1.Cl. The molecule has 3 amide bonds. The van der Waals surface area contributed by atoms with Crippen LogP contribution in [0.25, 0.3) is 16.9 Å². The van der Waals surface area contributed by atoms with Gasteiger partial charge in [0.05, 0.1) is 16.6 Å². The highest BCUT2D eigenvalue weighted by molar-refractivity contribution is 6.31. The van der Waals surface area contributed by atoms with Gasteiger partial charge in [-0.05, 0) is 54.8 Å². The topological polar surface area (TPSA) is 140 Å². The van der Waals surface area contributed by atoms with E-state index in [2.05, 4.69) is 30.9 Å². The van der Waals surface area contributed by atoms with Gasteiger partial charge in [-0.25, -0.2) is 19.7 Å². The summed E-state index contributed by atoms with van der Waals surface area (Å²) in [6.45, 7) is 3.94. The second kappa shape index (κ2) is 12.5. The van der Waals surface area contributed by atoms with E-state index in [0.717, 1.165) is 12.1 Å². The highest BCUT2D eigenvalue weighted by Crippen LogP contribution is 2.36. The number of nitrogens with one attached hydrogen (secondary N) is 3. The number of carbonyl (C=O) groups excluding carboxylic acids is 2. The second-order valence-electron chi connectivity index (χ2n) is 9.05. The Morgan fingerprint density at radius 3 is 2.30 bits per heavy atom. The third-order valence-corrected chi connectivity index (χ3v) is 5.90. The van der Waals surface area contributed by atoms with E-state index in [9.17, 15) is 22.8 Å². The molecule has 0 spiro atoms. The van der Waals surface area contributed by atoms with Gasteiger partial charge in [-0.15, -0.1) is 12.4 Å². The maximum Gasteiger partial charge on any atom is 0.417 e. The molecule has 0 radical (unpaired) electrons. The van der Waals surface area contributed by atoms with E-state index in [1.807, 2.05) is 13.8 Å². The zero-order valence-corrected chi connectivity index (χ0v) is 22.7. The Kier molecular flexibility index (Phi) is 9.56. The third kappa shape index (κ3) is 7.17. The van der Waals surface area contributed by atoms with Crippen LogP contribution in [-0.4, -0.2) is 37.5 Å². The number of halogens is 5. The van der Waals surface area contributed by atoms with Gasteiger partial charge in [0, 0.05) is 17.1 Å². The zero-order chi connectivity index (χ0) is 28.3. The van der Waals surface area contributed by atoms with Crippen LogP contribution in [0.2, 0.25) is 5.02 Å². The van der Waals surface area contributed by atoms with Crippen molar-refractivity contribution in [3.63, 3.8) is 0 Å². The fourth-order valence-corrected chi connectivity index (χ4v) is 3.98. The molecule has 0 saturated carbocycles. The van der Waals surface area contributed by atoms with Crippen LogP contribution < -0.4 is 21.7 Å². The molecule has 0 aliphatic rings. The van der Waals surface area contributed by atoms with Crippen molar-refractivity contribution in [3.8, 4) is 5.69 Å². The Hall–Kier alpha value is -3.94. The number of urea groups is 1. The molecule has 212 valence electrons. The molecular weight excluding hydrogens is 572 g/mol. The van der Waals surface area contributed by atoms with Crippen LogP contribution in [0.3, 0.4) is 0 Å². The van der Waals surface area contributed by atoms with E-state index < -0.39 is 28.8 Å². The molecule has 40 heavy (non-hydrogen) atoms.